The second-order valence-electron chi connectivity index (χ2n) is 9.43. The average Bonchev–Trinajstić information content (AvgIpc) is 2.89. The summed E-state index contributed by atoms with van der Waals surface area (Å²) in [6, 6.07) is 5.43. The molecule has 1 aromatic carbocycles. The average molecular weight is 523 g/mol. The number of unbranched alkanes of at least 4 members (excludes halogenated alkanes) is 8. The van der Waals surface area contributed by atoms with Gasteiger partial charge in [-0.2, -0.15) is 0 Å². The van der Waals surface area contributed by atoms with Gasteiger partial charge in [-0.1, -0.05) is 58.3 Å². The first kappa shape index (κ1) is 29.1. The van der Waals surface area contributed by atoms with Crippen LogP contribution in [-0.4, -0.2) is 63.7 Å². The molecule has 1 aromatic heterocycles. The highest BCUT2D eigenvalue weighted by Crippen LogP contribution is 2.37. The predicted octanol–water partition coefficient (Wildman–Crippen LogP) is 2.80. The Balaban J connectivity index is 1.67. The van der Waals surface area contributed by atoms with E-state index < -0.39 is 48.9 Å². The Labute approximate surface area is 215 Å². The van der Waals surface area contributed by atoms with Crippen molar-refractivity contribution < 1.29 is 43.8 Å². The minimum absolute atomic E-state index is 0.00823. The molecule has 3 rings (SSSR count). The SMILES string of the molecule is CCCCCCCCCCCC(=O)Oc1c(OC2OC(CO)C(O)C(O)C2O)ccc2oc(=O)ccc12. The number of carbonyl (C=O) groups excluding carboxylic acids is 1. The van der Waals surface area contributed by atoms with Crippen molar-refractivity contribution in [1.82, 2.24) is 0 Å². The maximum atomic E-state index is 12.7. The van der Waals surface area contributed by atoms with Gasteiger partial charge in [0.25, 0.3) is 0 Å². The van der Waals surface area contributed by atoms with E-state index in [0.717, 1.165) is 19.3 Å². The Hall–Kier alpha value is -2.50. The highest BCUT2D eigenvalue weighted by molar-refractivity contribution is 5.89. The summed E-state index contributed by atoms with van der Waals surface area (Å²) in [7, 11) is 0. The number of rotatable bonds is 14. The molecular weight excluding hydrogens is 484 g/mol. The minimum atomic E-state index is -1.65. The van der Waals surface area contributed by atoms with Crippen LogP contribution < -0.4 is 15.1 Å². The van der Waals surface area contributed by atoms with E-state index in [1.807, 2.05) is 0 Å². The van der Waals surface area contributed by atoms with Crippen molar-refractivity contribution >= 4 is 16.9 Å². The number of ether oxygens (including phenoxy) is 3. The fraction of sp³-hybridized carbons (Fsp3) is 0.630. The van der Waals surface area contributed by atoms with E-state index in [1.165, 1.54) is 56.4 Å². The van der Waals surface area contributed by atoms with Crippen LogP contribution in [0.25, 0.3) is 11.0 Å². The molecule has 206 valence electrons. The van der Waals surface area contributed by atoms with Gasteiger partial charge in [-0.25, -0.2) is 4.79 Å². The topological polar surface area (TPSA) is 156 Å². The smallest absolute Gasteiger partial charge is 0.336 e. The van der Waals surface area contributed by atoms with Gasteiger partial charge in [-0.15, -0.1) is 0 Å². The van der Waals surface area contributed by atoms with E-state index in [2.05, 4.69) is 6.92 Å². The molecule has 0 bridgehead atoms. The number of hydrogen-bond acceptors (Lipinski definition) is 10. The summed E-state index contributed by atoms with van der Waals surface area (Å²) in [5, 5.41) is 40.1. The summed E-state index contributed by atoms with van der Waals surface area (Å²) in [4.78, 5) is 24.3. The number of fused-ring (bicyclic) bond motifs is 1. The summed E-state index contributed by atoms with van der Waals surface area (Å²) in [5.74, 6) is -0.537. The Morgan fingerprint density at radius 3 is 2.24 bits per heavy atom. The Kier molecular flexibility index (Phi) is 11.3. The summed E-state index contributed by atoms with van der Waals surface area (Å²) < 4.78 is 22.0. The zero-order valence-corrected chi connectivity index (χ0v) is 21.2. The Morgan fingerprint density at radius 2 is 1.57 bits per heavy atom. The monoisotopic (exact) mass is 522 g/mol. The number of benzene rings is 1. The van der Waals surface area contributed by atoms with Crippen molar-refractivity contribution in [1.29, 1.82) is 0 Å². The maximum absolute atomic E-state index is 12.7. The van der Waals surface area contributed by atoms with E-state index in [1.54, 1.807) is 0 Å². The van der Waals surface area contributed by atoms with Gasteiger partial charge >= 0.3 is 11.6 Å². The summed E-state index contributed by atoms with van der Waals surface area (Å²) in [6.07, 6.45) is 2.67. The fourth-order valence-electron chi connectivity index (χ4n) is 4.33. The van der Waals surface area contributed by atoms with Gasteiger partial charge in [0.1, 0.15) is 30.0 Å². The van der Waals surface area contributed by atoms with E-state index in [9.17, 15) is 30.0 Å². The van der Waals surface area contributed by atoms with Crippen LogP contribution >= 0.6 is 0 Å². The quantitative estimate of drug-likeness (QED) is 0.126. The molecule has 1 aliphatic heterocycles. The lowest BCUT2D eigenvalue weighted by Crippen LogP contribution is -2.60. The third kappa shape index (κ3) is 7.99. The first-order valence-electron chi connectivity index (χ1n) is 13.1. The van der Waals surface area contributed by atoms with Crippen LogP contribution in [0.15, 0.2) is 33.5 Å². The molecule has 1 saturated heterocycles. The minimum Gasteiger partial charge on any atom is -0.458 e. The lowest BCUT2D eigenvalue weighted by molar-refractivity contribution is -0.277. The van der Waals surface area contributed by atoms with Crippen molar-refractivity contribution in [2.45, 2.75) is 102 Å². The molecular formula is C27H38O10. The molecule has 4 N–H and O–H groups in total. The van der Waals surface area contributed by atoms with E-state index in [0.29, 0.717) is 11.8 Å². The normalized spacial score (nSPS) is 23.8. The molecule has 2 aromatic rings. The van der Waals surface area contributed by atoms with Gasteiger partial charge in [0.05, 0.1) is 12.0 Å². The summed E-state index contributed by atoms with van der Waals surface area (Å²) >= 11 is 0. The fourth-order valence-corrected chi connectivity index (χ4v) is 4.33. The van der Waals surface area contributed by atoms with Gasteiger partial charge in [-0.05, 0) is 24.6 Å². The van der Waals surface area contributed by atoms with Crippen LogP contribution in [0.5, 0.6) is 11.5 Å². The third-order valence-corrected chi connectivity index (χ3v) is 6.51. The van der Waals surface area contributed by atoms with Crippen molar-refractivity contribution in [2.24, 2.45) is 0 Å². The molecule has 0 saturated carbocycles. The number of hydrogen-bond donors (Lipinski definition) is 4. The number of carbonyl (C=O) groups is 1. The van der Waals surface area contributed by atoms with Crippen LogP contribution in [0.2, 0.25) is 0 Å². The summed E-state index contributed by atoms with van der Waals surface area (Å²) in [5.41, 5.74) is -0.415. The second-order valence-corrected chi connectivity index (χ2v) is 9.43. The molecule has 0 aliphatic carbocycles. The maximum Gasteiger partial charge on any atom is 0.336 e. The predicted molar refractivity (Wildman–Crippen MR) is 134 cm³/mol. The summed E-state index contributed by atoms with van der Waals surface area (Å²) in [6.45, 7) is 1.58. The zero-order valence-electron chi connectivity index (χ0n) is 21.2. The van der Waals surface area contributed by atoms with Gasteiger partial charge in [0, 0.05) is 12.5 Å². The third-order valence-electron chi connectivity index (χ3n) is 6.51. The molecule has 0 radical (unpaired) electrons. The standard InChI is InChI=1S/C27H38O10/c1-2-3-4-5-6-7-8-9-10-11-21(29)37-26-17-12-15-22(30)34-18(17)13-14-19(26)35-27-25(33)24(32)23(31)20(16-28)36-27/h12-15,20,23-25,27-28,31-33H,2-11,16H2,1H3. The largest absolute Gasteiger partial charge is 0.458 e. The first-order chi connectivity index (χ1) is 17.8. The molecule has 37 heavy (non-hydrogen) atoms. The molecule has 10 nitrogen and oxygen atoms in total. The Morgan fingerprint density at radius 1 is 0.892 bits per heavy atom. The highest BCUT2D eigenvalue weighted by Gasteiger charge is 2.45. The molecule has 0 spiro atoms. The molecule has 0 amide bonds. The zero-order chi connectivity index (χ0) is 26.8. The highest BCUT2D eigenvalue weighted by atomic mass is 16.7. The van der Waals surface area contributed by atoms with E-state index in [4.69, 9.17) is 18.6 Å². The second kappa shape index (κ2) is 14.4. The number of aliphatic hydroxyl groups excluding tert-OH is 4. The van der Waals surface area contributed by atoms with Crippen LogP contribution in [0.3, 0.4) is 0 Å². The number of esters is 1. The molecule has 10 heteroatoms. The lowest BCUT2D eigenvalue weighted by atomic mass is 9.99. The molecule has 1 fully saturated rings. The van der Waals surface area contributed by atoms with Gasteiger partial charge in [-0.3, -0.25) is 4.79 Å². The van der Waals surface area contributed by atoms with Crippen molar-refractivity contribution in [3.63, 3.8) is 0 Å². The van der Waals surface area contributed by atoms with Gasteiger partial charge in [0.15, 0.2) is 11.5 Å². The lowest BCUT2D eigenvalue weighted by Gasteiger charge is -2.39. The molecule has 5 atom stereocenters. The van der Waals surface area contributed by atoms with Crippen molar-refractivity contribution in [3.8, 4) is 11.5 Å². The van der Waals surface area contributed by atoms with Crippen LogP contribution in [0.4, 0.5) is 0 Å². The van der Waals surface area contributed by atoms with Crippen molar-refractivity contribution in [2.75, 3.05) is 6.61 Å². The number of aliphatic hydroxyl groups is 4. The first-order valence-corrected chi connectivity index (χ1v) is 13.1. The molecule has 1 aliphatic rings. The van der Waals surface area contributed by atoms with E-state index in [-0.39, 0.29) is 23.5 Å². The molecule has 2 heterocycles. The molecule has 5 unspecified atom stereocenters. The van der Waals surface area contributed by atoms with Crippen LogP contribution in [0.1, 0.15) is 71.1 Å². The van der Waals surface area contributed by atoms with Gasteiger partial charge < -0.3 is 39.1 Å². The van der Waals surface area contributed by atoms with Gasteiger partial charge in [0.2, 0.25) is 6.29 Å². The van der Waals surface area contributed by atoms with Crippen LogP contribution in [0, 0.1) is 0 Å². The van der Waals surface area contributed by atoms with Crippen LogP contribution in [-0.2, 0) is 9.53 Å². The Bertz CT molecular complexity index is 1050. The van der Waals surface area contributed by atoms with E-state index >= 15 is 0 Å². The van der Waals surface area contributed by atoms with Crippen molar-refractivity contribution in [3.05, 3.63) is 34.7 Å².